The Hall–Kier alpha value is -0.590. The highest BCUT2D eigenvalue weighted by Gasteiger charge is 2.34. The zero-order valence-corrected chi connectivity index (χ0v) is 6.81. The predicted molar refractivity (Wildman–Crippen MR) is 44.3 cm³/mol. The van der Waals surface area contributed by atoms with E-state index in [0.717, 1.165) is 19.3 Å². The molecule has 60 valence electrons. The largest absolute Gasteiger partial charge is 0.300 e. The number of hydrogen-bond donors (Lipinski definition) is 0. The van der Waals surface area contributed by atoms with Gasteiger partial charge in [0.2, 0.25) is 0 Å². The molecule has 0 aromatic rings. The van der Waals surface area contributed by atoms with Crippen molar-refractivity contribution >= 4 is 5.78 Å². The molecular formula is C10H14O. The van der Waals surface area contributed by atoms with E-state index in [0.29, 0.717) is 11.2 Å². The van der Waals surface area contributed by atoms with Gasteiger partial charge in [0.05, 0.1) is 0 Å². The van der Waals surface area contributed by atoms with Gasteiger partial charge in [0.15, 0.2) is 0 Å². The van der Waals surface area contributed by atoms with Gasteiger partial charge >= 0.3 is 0 Å². The first-order chi connectivity index (χ1) is 5.31. The molecule has 11 heavy (non-hydrogen) atoms. The second-order valence-corrected chi connectivity index (χ2v) is 3.87. The van der Waals surface area contributed by atoms with Crippen molar-refractivity contribution in [3.8, 4) is 0 Å². The Labute approximate surface area is 67.5 Å². The molecule has 0 aliphatic heterocycles. The lowest BCUT2D eigenvalue weighted by atomic mass is 9.73. The molecule has 0 N–H and O–H groups in total. The number of rotatable bonds is 0. The minimum atomic E-state index is 0.315. The van der Waals surface area contributed by atoms with Crippen LogP contribution < -0.4 is 0 Å². The maximum atomic E-state index is 11.2. The fourth-order valence-corrected chi connectivity index (χ4v) is 2.35. The summed E-state index contributed by atoms with van der Waals surface area (Å²) in [6.45, 7) is 0. The van der Waals surface area contributed by atoms with Gasteiger partial charge in [-0.05, 0) is 31.1 Å². The van der Waals surface area contributed by atoms with E-state index in [-0.39, 0.29) is 0 Å². The van der Waals surface area contributed by atoms with E-state index in [2.05, 4.69) is 12.2 Å². The average Bonchev–Trinajstić information content (AvgIpc) is 2.37. The zero-order chi connectivity index (χ0) is 7.73. The van der Waals surface area contributed by atoms with E-state index in [1.165, 1.54) is 19.3 Å². The van der Waals surface area contributed by atoms with Crippen LogP contribution in [-0.4, -0.2) is 5.78 Å². The van der Waals surface area contributed by atoms with Gasteiger partial charge in [-0.3, -0.25) is 4.79 Å². The van der Waals surface area contributed by atoms with Crippen molar-refractivity contribution in [2.24, 2.45) is 5.41 Å². The van der Waals surface area contributed by atoms with Crippen LogP contribution >= 0.6 is 0 Å². The Bertz CT molecular complexity index is 205. The Morgan fingerprint density at radius 3 is 2.91 bits per heavy atom. The normalized spacial score (nSPS) is 36.9. The highest BCUT2D eigenvalue weighted by Crippen LogP contribution is 2.43. The number of carbonyl (C=O) groups is 1. The third kappa shape index (κ3) is 1.24. The molecule has 1 atom stereocenters. The van der Waals surface area contributed by atoms with Crippen molar-refractivity contribution in [3.05, 3.63) is 12.2 Å². The average molecular weight is 150 g/mol. The summed E-state index contributed by atoms with van der Waals surface area (Å²) >= 11 is 0. The second kappa shape index (κ2) is 2.47. The zero-order valence-electron chi connectivity index (χ0n) is 6.81. The quantitative estimate of drug-likeness (QED) is 0.485. The van der Waals surface area contributed by atoms with Crippen LogP contribution in [0.4, 0.5) is 0 Å². The number of Topliss-reactive ketones (excluding diaryl/α,β-unsaturated/α-hetero) is 1. The Kier molecular flexibility index (Phi) is 1.59. The number of hydrogen-bond acceptors (Lipinski definition) is 1. The van der Waals surface area contributed by atoms with Gasteiger partial charge in [0.1, 0.15) is 5.78 Å². The molecule has 0 radical (unpaired) electrons. The molecule has 0 saturated heterocycles. The first-order valence-electron chi connectivity index (χ1n) is 4.50. The fraction of sp³-hybridized carbons (Fsp3) is 0.700. The van der Waals surface area contributed by atoms with Crippen LogP contribution in [0.15, 0.2) is 12.2 Å². The SMILES string of the molecule is O=C1CCC[C@]2(C=CCC2)C1. The molecule has 1 nitrogen and oxygen atoms in total. The molecule has 2 rings (SSSR count). The Morgan fingerprint density at radius 1 is 1.36 bits per heavy atom. The van der Waals surface area contributed by atoms with Gasteiger partial charge in [0, 0.05) is 12.8 Å². The van der Waals surface area contributed by atoms with E-state index in [9.17, 15) is 4.79 Å². The number of ketones is 1. The molecule has 1 heteroatoms. The highest BCUT2D eigenvalue weighted by atomic mass is 16.1. The summed E-state index contributed by atoms with van der Waals surface area (Å²) in [6.07, 6.45) is 10.9. The smallest absolute Gasteiger partial charge is 0.133 e. The Morgan fingerprint density at radius 2 is 2.27 bits per heavy atom. The number of carbonyl (C=O) groups excluding carboxylic acids is 1. The first-order valence-corrected chi connectivity index (χ1v) is 4.50. The van der Waals surface area contributed by atoms with Gasteiger partial charge in [-0.2, -0.15) is 0 Å². The predicted octanol–water partition coefficient (Wildman–Crippen LogP) is 2.47. The van der Waals surface area contributed by atoms with Crippen LogP contribution in [0, 0.1) is 5.41 Å². The lowest BCUT2D eigenvalue weighted by molar-refractivity contribution is -0.122. The van der Waals surface area contributed by atoms with Crippen LogP contribution in [0.25, 0.3) is 0 Å². The third-order valence-electron chi connectivity index (χ3n) is 2.96. The minimum absolute atomic E-state index is 0.315. The lowest BCUT2D eigenvalue weighted by Gasteiger charge is -2.30. The van der Waals surface area contributed by atoms with Gasteiger partial charge < -0.3 is 0 Å². The summed E-state index contributed by atoms with van der Waals surface area (Å²) in [5.41, 5.74) is 0.315. The molecule has 2 aliphatic carbocycles. The second-order valence-electron chi connectivity index (χ2n) is 3.87. The van der Waals surface area contributed by atoms with Crippen LogP contribution in [-0.2, 0) is 4.79 Å². The maximum absolute atomic E-state index is 11.2. The first kappa shape index (κ1) is 7.08. The third-order valence-corrected chi connectivity index (χ3v) is 2.96. The molecule has 2 aliphatic rings. The van der Waals surface area contributed by atoms with E-state index < -0.39 is 0 Å². The minimum Gasteiger partial charge on any atom is -0.300 e. The van der Waals surface area contributed by atoms with E-state index in [1.54, 1.807) is 0 Å². The van der Waals surface area contributed by atoms with Gasteiger partial charge in [0.25, 0.3) is 0 Å². The summed E-state index contributed by atoms with van der Waals surface area (Å²) in [7, 11) is 0. The Balaban J connectivity index is 2.12. The molecule has 0 bridgehead atoms. The monoisotopic (exact) mass is 150 g/mol. The highest BCUT2D eigenvalue weighted by molar-refractivity contribution is 5.80. The molecule has 1 spiro atoms. The molecular weight excluding hydrogens is 136 g/mol. The topological polar surface area (TPSA) is 17.1 Å². The molecule has 0 unspecified atom stereocenters. The maximum Gasteiger partial charge on any atom is 0.133 e. The van der Waals surface area contributed by atoms with Crippen molar-refractivity contribution < 1.29 is 4.79 Å². The molecule has 1 saturated carbocycles. The van der Waals surface area contributed by atoms with Crippen molar-refractivity contribution in [1.82, 2.24) is 0 Å². The van der Waals surface area contributed by atoms with E-state index in [4.69, 9.17) is 0 Å². The van der Waals surface area contributed by atoms with Gasteiger partial charge in [-0.1, -0.05) is 12.2 Å². The summed E-state index contributed by atoms with van der Waals surface area (Å²) in [4.78, 5) is 11.2. The van der Waals surface area contributed by atoms with Crippen molar-refractivity contribution in [1.29, 1.82) is 0 Å². The summed E-state index contributed by atoms with van der Waals surface area (Å²) < 4.78 is 0. The standard InChI is InChI=1S/C10H14O/c11-9-4-3-7-10(8-9)5-1-2-6-10/h1,5H,2-4,6-8H2/t10-/m1/s1. The molecule has 0 aromatic carbocycles. The molecule has 1 fully saturated rings. The molecule has 0 aromatic heterocycles. The van der Waals surface area contributed by atoms with Crippen LogP contribution in [0.5, 0.6) is 0 Å². The van der Waals surface area contributed by atoms with Crippen molar-refractivity contribution in [3.63, 3.8) is 0 Å². The van der Waals surface area contributed by atoms with Gasteiger partial charge in [-0.25, -0.2) is 0 Å². The summed E-state index contributed by atoms with van der Waals surface area (Å²) in [6, 6.07) is 0. The lowest BCUT2D eigenvalue weighted by Crippen LogP contribution is -2.24. The van der Waals surface area contributed by atoms with E-state index in [1.807, 2.05) is 0 Å². The van der Waals surface area contributed by atoms with Crippen LogP contribution in [0.1, 0.15) is 38.5 Å². The summed E-state index contributed by atoms with van der Waals surface area (Å²) in [5.74, 6) is 0.475. The van der Waals surface area contributed by atoms with Crippen LogP contribution in [0.3, 0.4) is 0 Å². The fourth-order valence-electron chi connectivity index (χ4n) is 2.35. The molecule has 0 amide bonds. The number of allylic oxidation sites excluding steroid dienone is 2. The van der Waals surface area contributed by atoms with Crippen LogP contribution in [0.2, 0.25) is 0 Å². The summed E-state index contributed by atoms with van der Waals surface area (Å²) in [5, 5.41) is 0. The van der Waals surface area contributed by atoms with Gasteiger partial charge in [-0.15, -0.1) is 0 Å². The van der Waals surface area contributed by atoms with Crippen molar-refractivity contribution in [2.45, 2.75) is 38.5 Å². The van der Waals surface area contributed by atoms with Crippen molar-refractivity contribution in [2.75, 3.05) is 0 Å². The van der Waals surface area contributed by atoms with E-state index >= 15 is 0 Å². The molecule has 0 heterocycles.